The molecule has 1 aliphatic heterocycles. The van der Waals surface area contributed by atoms with Gasteiger partial charge in [-0.05, 0) is 43.1 Å². The minimum absolute atomic E-state index is 0.637. The molecule has 1 aromatic carbocycles. The molecule has 1 atom stereocenters. The quantitative estimate of drug-likeness (QED) is 0.896. The Morgan fingerprint density at radius 3 is 2.93 bits per heavy atom. The third-order valence-electron chi connectivity index (χ3n) is 2.63. The Bertz CT molecular complexity index is 323. The summed E-state index contributed by atoms with van der Waals surface area (Å²) in [6.07, 6.45) is 2.33. The highest BCUT2D eigenvalue weighted by atomic mass is 79.9. The van der Waals surface area contributed by atoms with Crippen LogP contribution in [0.3, 0.4) is 0 Å². The van der Waals surface area contributed by atoms with E-state index in [0.29, 0.717) is 6.04 Å². The smallest absolute Gasteiger partial charge is 0.122 e. The summed E-state index contributed by atoms with van der Waals surface area (Å²) in [5.74, 6) is 0.988. The van der Waals surface area contributed by atoms with Gasteiger partial charge in [-0.2, -0.15) is 0 Å². The van der Waals surface area contributed by atoms with Gasteiger partial charge in [-0.3, -0.25) is 0 Å². The number of rotatable bonds is 3. The predicted molar refractivity (Wildman–Crippen MR) is 60.8 cm³/mol. The van der Waals surface area contributed by atoms with Crippen LogP contribution >= 0.6 is 15.9 Å². The normalized spacial score (nSPS) is 20.3. The molecule has 14 heavy (non-hydrogen) atoms. The Morgan fingerprint density at radius 1 is 1.57 bits per heavy atom. The van der Waals surface area contributed by atoms with Gasteiger partial charge >= 0.3 is 0 Å². The van der Waals surface area contributed by atoms with Gasteiger partial charge in [0.05, 0.1) is 7.11 Å². The van der Waals surface area contributed by atoms with Gasteiger partial charge in [-0.1, -0.05) is 15.9 Å². The highest BCUT2D eigenvalue weighted by Crippen LogP contribution is 2.25. The molecule has 1 saturated heterocycles. The SMILES string of the molecule is COc1ccc(Br)cc1CC1CCN1. The summed E-state index contributed by atoms with van der Waals surface area (Å²) >= 11 is 3.48. The number of hydrogen-bond acceptors (Lipinski definition) is 2. The lowest BCUT2D eigenvalue weighted by atomic mass is 9.98. The molecule has 1 heterocycles. The maximum Gasteiger partial charge on any atom is 0.122 e. The Labute approximate surface area is 92.8 Å². The Hall–Kier alpha value is -0.540. The first-order valence-corrected chi connectivity index (χ1v) is 5.64. The van der Waals surface area contributed by atoms with E-state index in [1.807, 2.05) is 12.1 Å². The summed E-state index contributed by atoms with van der Waals surface area (Å²) < 4.78 is 6.44. The standard InChI is InChI=1S/C11H14BrNO/c1-14-11-3-2-9(12)6-8(11)7-10-4-5-13-10/h2-3,6,10,13H,4-5,7H2,1H3. The molecular weight excluding hydrogens is 242 g/mol. The molecule has 1 N–H and O–H groups in total. The zero-order chi connectivity index (χ0) is 9.97. The molecule has 0 saturated carbocycles. The number of nitrogens with one attached hydrogen (secondary N) is 1. The molecule has 0 aromatic heterocycles. The third kappa shape index (κ3) is 2.10. The zero-order valence-electron chi connectivity index (χ0n) is 8.22. The van der Waals surface area contributed by atoms with E-state index in [1.165, 1.54) is 12.0 Å². The number of benzene rings is 1. The second-order valence-electron chi connectivity index (χ2n) is 3.60. The van der Waals surface area contributed by atoms with Crippen LogP contribution in [0.4, 0.5) is 0 Å². The fourth-order valence-electron chi connectivity index (χ4n) is 1.69. The molecule has 0 aliphatic carbocycles. The second kappa shape index (κ2) is 4.32. The van der Waals surface area contributed by atoms with Crippen molar-refractivity contribution in [3.8, 4) is 5.75 Å². The largest absolute Gasteiger partial charge is 0.496 e. The fraction of sp³-hybridized carbons (Fsp3) is 0.455. The van der Waals surface area contributed by atoms with E-state index in [1.54, 1.807) is 7.11 Å². The van der Waals surface area contributed by atoms with E-state index in [0.717, 1.165) is 23.2 Å². The van der Waals surface area contributed by atoms with E-state index in [2.05, 4.69) is 27.3 Å². The van der Waals surface area contributed by atoms with E-state index in [4.69, 9.17) is 4.74 Å². The average Bonchev–Trinajstić information content (AvgIpc) is 2.12. The van der Waals surface area contributed by atoms with Gasteiger partial charge in [0, 0.05) is 10.5 Å². The molecule has 1 unspecified atom stereocenters. The summed E-state index contributed by atoms with van der Waals surface area (Å²) in [4.78, 5) is 0. The summed E-state index contributed by atoms with van der Waals surface area (Å²) in [5.41, 5.74) is 1.28. The van der Waals surface area contributed by atoms with Crippen LogP contribution in [-0.2, 0) is 6.42 Å². The molecular formula is C11H14BrNO. The maximum atomic E-state index is 5.32. The second-order valence-corrected chi connectivity index (χ2v) is 4.52. The van der Waals surface area contributed by atoms with E-state index in [-0.39, 0.29) is 0 Å². The summed E-state index contributed by atoms with van der Waals surface area (Å²) in [6, 6.07) is 6.80. The fourth-order valence-corrected chi connectivity index (χ4v) is 2.10. The molecule has 2 rings (SSSR count). The van der Waals surface area contributed by atoms with Crippen LogP contribution in [0.25, 0.3) is 0 Å². The Morgan fingerprint density at radius 2 is 2.36 bits per heavy atom. The summed E-state index contributed by atoms with van der Waals surface area (Å²) in [6.45, 7) is 1.15. The van der Waals surface area contributed by atoms with Crippen molar-refractivity contribution in [2.45, 2.75) is 18.9 Å². The highest BCUT2D eigenvalue weighted by molar-refractivity contribution is 9.10. The van der Waals surface area contributed by atoms with Gasteiger partial charge < -0.3 is 10.1 Å². The molecule has 3 heteroatoms. The van der Waals surface area contributed by atoms with Gasteiger partial charge in [0.15, 0.2) is 0 Å². The predicted octanol–water partition coefficient (Wildman–Crippen LogP) is 2.36. The zero-order valence-corrected chi connectivity index (χ0v) is 9.80. The number of methoxy groups -OCH3 is 1. The Balaban J connectivity index is 2.15. The molecule has 76 valence electrons. The molecule has 0 radical (unpaired) electrons. The van der Waals surface area contributed by atoms with Crippen molar-refractivity contribution in [3.63, 3.8) is 0 Å². The molecule has 2 nitrogen and oxygen atoms in total. The van der Waals surface area contributed by atoms with E-state index in [9.17, 15) is 0 Å². The van der Waals surface area contributed by atoms with Crippen molar-refractivity contribution in [2.75, 3.05) is 13.7 Å². The number of ether oxygens (including phenoxy) is 1. The van der Waals surface area contributed by atoms with Crippen molar-refractivity contribution in [3.05, 3.63) is 28.2 Å². The summed E-state index contributed by atoms with van der Waals surface area (Å²) in [7, 11) is 1.72. The molecule has 0 spiro atoms. The summed E-state index contributed by atoms with van der Waals surface area (Å²) in [5, 5.41) is 3.39. The first kappa shape index (κ1) is 9.99. The average molecular weight is 256 g/mol. The van der Waals surface area contributed by atoms with Crippen LogP contribution in [0.5, 0.6) is 5.75 Å². The topological polar surface area (TPSA) is 21.3 Å². The third-order valence-corrected chi connectivity index (χ3v) is 3.13. The molecule has 1 aliphatic rings. The van der Waals surface area contributed by atoms with Crippen molar-refractivity contribution < 1.29 is 4.74 Å². The highest BCUT2D eigenvalue weighted by Gasteiger charge is 2.18. The van der Waals surface area contributed by atoms with Crippen molar-refractivity contribution in [1.29, 1.82) is 0 Å². The van der Waals surface area contributed by atoms with E-state index >= 15 is 0 Å². The first-order valence-electron chi connectivity index (χ1n) is 4.85. The number of hydrogen-bond donors (Lipinski definition) is 1. The molecule has 1 aromatic rings. The maximum absolute atomic E-state index is 5.32. The van der Waals surface area contributed by atoms with Crippen LogP contribution in [0.2, 0.25) is 0 Å². The monoisotopic (exact) mass is 255 g/mol. The van der Waals surface area contributed by atoms with Crippen LogP contribution in [0, 0.1) is 0 Å². The van der Waals surface area contributed by atoms with Gasteiger partial charge in [0.2, 0.25) is 0 Å². The van der Waals surface area contributed by atoms with Crippen LogP contribution in [0.1, 0.15) is 12.0 Å². The molecule has 0 bridgehead atoms. The number of halogens is 1. The first-order chi connectivity index (χ1) is 6.79. The lowest BCUT2D eigenvalue weighted by molar-refractivity contribution is 0.358. The minimum atomic E-state index is 0.637. The van der Waals surface area contributed by atoms with Gasteiger partial charge in [0.1, 0.15) is 5.75 Å². The van der Waals surface area contributed by atoms with E-state index < -0.39 is 0 Å². The lowest BCUT2D eigenvalue weighted by Gasteiger charge is -2.28. The molecule has 1 fully saturated rings. The van der Waals surface area contributed by atoms with Crippen molar-refractivity contribution in [1.82, 2.24) is 5.32 Å². The van der Waals surface area contributed by atoms with Crippen LogP contribution < -0.4 is 10.1 Å². The van der Waals surface area contributed by atoms with Crippen molar-refractivity contribution >= 4 is 15.9 Å². The van der Waals surface area contributed by atoms with Gasteiger partial charge in [0.25, 0.3) is 0 Å². The molecule has 0 amide bonds. The van der Waals surface area contributed by atoms with Crippen LogP contribution in [0.15, 0.2) is 22.7 Å². The van der Waals surface area contributed by atoms with Gasteiger partial charge in [-0.15, -0.1) is 0 Å². The van der Waals surface area contributed by atoms with Gasteiger partial charge in [-0.25, -0.2) is 0 Å². The van der Waals surface area contributed by atoms with Crippen molar-refractivity contribution in [2.24, 2.45) is 0 Å². The minimum Gasteiger partial charge on any atom is -0.496 e. The van der Waals surface area contributed by atoms with Crippen LogP contribution in [-0.4, -0.2) is 19.7 Å². The lowest BCUT2D eigenvalue weighted by Crippen LogP contribution is -2.44. The Kier molecular flexibility index (Phi) is 3.08.